The summed E-state index contributed by atoms with van der Waals surface area (Å²) in [6.07, 6.45) is 35.6. The number of carboxylic acid groups (broad SMARTS) is 1. The Labute approximate surface area is 328 Å². The van der Waals surface area contributed by atoms with Crippen molar-refractivity contribution in [2.75, 3.05) is 6.61 Å². The summed E-state index contributed by atoms with van der Waals surface area (Å²) in [5.41, 5.74) is 0. The van der Waals surface area contributed by atoms with Crippen molar-refractivity contribution in [1.29, 1.82) is 0 Å². The van der Waals surface area contributed by atoms with E-state index in [2.05, 4.69) is 24.5 Å². The van der Waals surface area contributed by atoms with Crippen molar-refractivity contribution in [3.8, 4) is 0 Å². The van der Waals surface area contributed by atoms with Crippen LogP contribution in [0.5, 0.6) is 0 Å². The van der Waals surface area contributed by atoms with E-state index >= 15 is 0 Å². The smallest absolute Gasteiger partial charge is 0.321 e. The summed E-state index contributed by atoms with van der Waals surface area (Å²) >= 11 is 0. The van der Waals surface area contributed by atoms with E-state index in [0.717, 1.165) is 38.5 Å². The molecule has 0 spiro atoms. The molecule has 0 aromatic rings. The van der Waals surface area contributed by atoms with E-state index in [9.17, 15) is 24.9 Å². The zero-order valence-corrected chi connectivity index (χ0v) is 35.7. The van der Waals surface area contributed by atoms with Gasteiger partial charge in [-0.2, -0.15) is 0 Å². The molecule has 316 valence electrons. The lowest BCUT2D eigenvalue weighted by Gasteiger charge is -2.30. The van der Waals surface area contributed by atoms with Gasteiger partial charge in [0, 0.05) is 12.3 Å². The number of carboxylic acids is 1. The number of unbranched alkanes of at least 4 members (excludes halogenated alkanes) is 27. The van der Waals surface area contributed by atoms with Crippen LogP contribution in [0.2, 0.25) is 0 Å². The number of aliphatic hydroxyl groups excluding tert-OH is 2. The Kier molecular flexibility index (Phi) is 36.8. The number of aliphatic hydroxyl groups is 2. The molecule has 0 radical (unpaired) electrons. The summed E-state index contributed by atoms with van der Waals surface area (Å²) in [6, 6.07) is -1.60. The van der Waals surface area contributed by atoms with Crippen LogP contribution in [-0.2, 0) is 14.3 Å². The second-order valence-electron chi connectivity index (χ2n) is 16.6. The standard InChI is InChI=1S/C45H90N2O6/c1-6-8-10-12-14-16-18-20-21-22-24-26-28-30-32-34-36-41(49)47-43(44(50)51)39(5)37-53-45(52)42(38(3)4)46-40(48)35-33-31-29-27-25-23-19-17-15-13-11-9-7-2/h38-39,41-43,45,47,49,52H,6-37H2,1-5H3,(H,46,48)(H,50,51). The minimum atomic E-state index is -1.25. The lowest BCUT2D eigenvalue weighted by molar-refractivity contribution is -0.154. The van der Waals surface area contributed by atoms with Gasteiger partial charge in [-0.15, -0.1) is 0 Å². The van der Waals surface area contributed by atoms with Crippen molar-refractivity contribution in [3.05, 3.63) is 0 Å². The highest BCUT2D eigenvalue weighted by molar-refractivity contribution is 5.76. The Hall–Kier alpha value is -1.22. The quantitative estimate of drug-likeness (QED) is 0.0310. The minimum Gasteiger partial charge on any atom is -0.480 e. The first kappa shape index (κ1) is 51.8. The molecule has 0 heterocycles. The monoisotopic (exact) mass is 755 g/mol. The molecular formula is C45H90N2O6. The largest absolute Gasteiger partial charge is 0.480 e. The molecule has 0 aromatic heterocycles. The predicted octanol–water partition coefficient (Wildman–Crippen LogP) is 11.6. The van der Waals surface area contributed by atoms with Gasteiger partial charge in [-0.3, -0.25) is 14.9 Å². The Morgan fingerprint density at radius 3 is 1.26 bits per heavy atom. The first-order chi connectivity index (χ1) is 25.6. The second kappa shape index (κ2) is 37.7. The Morgan fingerprint density at radius 1 is 0.547 bits per heavy atom. The van der Waals surface area contributed by atoms with Gasteiger partial charge in [-0.05, 0) is 25.2 Å². The fourth-order valence-corrected chi connectivity index (χ4v) is 7.23. The summed E-state index contributed by atoms with van der Waals surface area (Å²) in [4.78, 5) is 24.7. The van der Waals surface area contributed by atoms with Crippen LogP contribution in [0.15, 0.2) is 0 Å². The van der Waals surface area contributed by atoms with Crippen LogP contribution >= 0.6 is 0 Å². The number of carbonyl (C=O) groups excluding carboxylic acids is 1. The molecule has 0 aliphatic heterocycles. The van der Waals surface area contributed by atoms with Crippen LogP contribution in [0, 0.1) is 11.8 Å². The predicted molar refractivity (Wildman–Crippen MR) is 223 cm³/mol. The second-order valence-corrected chi connectivity index (χ2v) is 16.6. The van der Waals surface area contributed by atoms with E-state index < -0.39 is 36.5 Å². The van der Waals surface area contributed by atoms with E-state index in [0.29, 0.717) is 12.8 Å². The van der Waals surface area contributed by atoms with E-state index in [1.54, 1.807) is 6.92 Å². The maximum absolute atomic E-state index is 12.7. The van der Waals surface area contributed by atoms with E-state index in [-0.39, 0.29) is 18.4 Å². The van der Waals surface area contributed by atoms with Gasteiger partial charge in [0.25, 0.3) is 0 Å². The summed E-state index contributed by atoms with van der Waals surface area (Å²) in [5.74, 6) is -1.72. The minimum absolute atomic E-state index is 0.0190. The molecule has 5 unspecified atom stereocenters. The maximum Gasteiger partial charge on any atom is 0.321 e. The van der Waals surface area contributed by atoms with Crippen LogP contribution in [0.25, 0.3) is 0 Å². The van der Waals surface area contributed by atoms with Crippen molar-refractivity contribution in [2.45, 2.75) is 258 Å². The number of hydrogen-bond acceptors (Lipinski definition) is 6. The number of hydrogen-bond donors (Lipinski definition) is 5. The SMILES string of the molecule is CCCCCCCCCCCCCCCCCCC(O)NC(C(=O)O)C(C)COC(O)C(NC(=O)CCCCCCCCCCCCCCC)C(C)C. The van der Waals surface area contributed by atoms with Crippen LogP contribution in [-0.4, -0.2) is 58.4 Å². The van der Waals surface area contributed by atoms with Crippen LogP contribution < -0.4 is 10.6 Å². The van der Waals surface area contributed by atoms with E-state index in [4.69, 9.17) is 4.74 Å². The fourth-order valence-electron chi connectivity index (χ4n) is 7.23. The average Bonchev–Trinajstić information content (AvgIpc) is 3.13. The normalized spacial score (nSPS) is 14.6. The first-order valence-electron chi connectivity index (χ1n) is 22.9. The van der Waals surface area contributed by atoms with E-state index in [1.807, 2.05) is 13.8 Å². The van der Waals surface area contributed by atoms with Gasteiger partial charge in [0.05, 0.1) is 12.6 Å². The average molecular weight is 755 g/mol. The summed E-state index contributed by atoms with van der Waals surface area (Å²) in [7, 11) is 0. The Morgan fingerprint density at radius 2 is 0.906 bits per heavy atom. The maximum atomic E-state index is 12.7. The van der Waals surface area contributed by atoms with Crippen molar-refractivity contribution in [1.82, 2.24) is 10.6 Å². The third-order valence-corrected chi connectivity index (χ3v) is 10.9. The molecule has 0 fully saturated rings. The fraction of sp³-hybridized carbons (Fsp3) is 0.956. The Bertz CT molecular complexity index is 812. The van der Waals surface area contributed by atoms with Gasteiger partial charge in [0.1, 0.15) is 12.3 Å². The van der Waals surface area contributed by atoms with Gasteiger partial charge in [-0.1, -0.05) is 208 Å². The summed E-state index contributed by atoms with van der Waals surface area (Å²) < 4.78 is 5.71. The number of nitrogens with one attached hydrogen (secondary N) is 2. The number of carbonyl (C=O) groups is 2. The van der Waals surface area contributed by atoms with Gasteiger partial charge < -0.3 is 25.4 Å². The number of aliphatic carboxylic acids is 1. The molecule has 1 amide bonds. The molecule has 5 N–H and O–H groups in total. The highest BCUT2D eigenvalue weighted by Gasteiger charge is 2.30. The van der Waals surface area contributed by atoms with Crippen molar-refractivity contribution >= 4 is 11.9 Å². The third kappa shape index (κ3) is 32.7. The lowest BCUT2D eigenvalue weighted by atomic mass is 10.0. The summed E-state index contributed by atoms with van der Waals surface area (Å²) in [6.45, 7) is 10.1. The van der Waals surface area contributed by atoms with E-state index in [1.165, 1.54) is 148 Å². The highest BCUT2D eigenvalue weighted by Crippen LogP contribution is 2.17. The molecule has 0 bridgehead atoms. The van der Waals surface area contributed by atoms with Crippen molar-refractivity contribution in [2.24, 2.45) is 11.8 Å². The topological polar surface area (TPSA) is 128 Å². The molecule has 8 heteroatoms. The third-order valence-electron chi connectivity index (χ3n) is 10.9. The van der Waals surface area contributed by atoms with Gasteiger partial charge in [-0.25, -0.2) is 0 Å². The summed E-state index contributed by atoms with van der Waals surface area (Å²) in [5, 5.41) is 37.0. The number of ether oxygens (including phenoxy) is 1. The van der Waals surface area contributed by atoms with Crippen molar-refractivity contribution in [3.63, 3.8) is 0 Å². The molecule has 0 aliphatic rings. The molecule has 0 rings (SSSR count). The van der Waals surface area contributed by atoms with Gasteiger partial charge >= 0.3 is 5.97 Å². The highest BCUT2D eigenvalue weighted by atomic mass is 16.6. The Balaban J connectivity index is 4.12. The molecule has 0 aromatic carbocycles. The lowest BCUT2D eigenvalue weighted by Crippen LogP contribution is -2.51. The van der Waals surface area contributed by atoms with Crippen LogP contribution in [0.3, 0.4) is 0 Å². The van der Waals surface area contributed by atoms with Gasteiger partial charge in [0.2, 0.25) is 5.91 Å². The number of rotatable bonds is 41. The van der Waals surface area contributed by atoms with Crippen LogP contribution in [0.4, 0.5) is 0 Å². The molecule has 0 aliphatic carbocycles. The molecule has 53 heavy (non-hydrogen) atoms. The van der Waals surface area contributed by atoms with Gasteiger partial charge in [0.15, 0.2) is 6.29 Å². The van der Waals surface area contributed by atoms with Crippen molar-refractivity contribution < 1.29 is 29.6 Å². The molecule has 0 saturated heterocycles. The number of amides is 1. The van der Waals surface area contributed by atoms with Crippen LogP contribution in [0.1, 0.15) is 234 Å². The molecular weight excluding hydrogens is 665 g/mol. The molecule has 0 saturated carbocycles. The molecule has 5 atom stereocenters. The zero-order valence-electron chi connectivity index (χ0n) is 35.7. The zero-order chi connectivity index (χ0) is 39.4. The molecule has 8 nitrogen and oxygen atoms in total. The first-order valence-corrected chi connectivity index (χ1v) is 22.9.